The van der Waals surface area contributed by atoms with Crippen LogP contribution < -0.4 is 0 Å². The highest BCUT2D eigenvalue weighted by Crippen LogP contribution is 2.34. The Morgan fingerprint density at radius 1 is 1.43 bits per heavy atom. The predicted molar refractivity (Wildman–Crippen MR) is 54.7 cm³/mol. The van der Waals surface area contributed by atoms with Gasteiger partial charge in [0.1, 0.15) is 4.47 Å². The quantitative estimate of drug-likeness (QED) is 0.628. The van der Waals surface area contributed by atoms with Crippen LogP contribution in [0.1, 0.15) is 4.88 Å². The summed E-state index contributed by atoms with van der Waals surface area (Å²) in [5, 5.41) is 20.3. The van der Waals surface area contributed by atoms with Gasteiger partial charge in [0.25, 0.3) is 0 Å². The van der Waals surface area contributed by atoms with Gasteiger partial charge in [-0.25, -0.2) is 0 Å². The van der Waals surface area contributed by atoms with Gasteiger partial charge in [0.05, 0.1) is 9.85 Å². The molecular formula is C6H3BrN2O4S. The highest BCUT2D eigenvalue weighted by molar-refractivity contribution is 9.10. The Morgan fingerprint density at radius 2 is 2.07 bits per heavy atom. The van der Waals surface area contributed by atoms with Crippen LogP contribution in [0.4, 0.5) is 5.00 Å². The molecular weight excluding hydrogens is 276 g/mol. The second-order valence-corrected chi connectivity index (χ2v) is 4.08. The lowest BCUT2D eigenvalue weighted by atomic mass is 10.4. The molecule has 14 heavy (non-hydrogen) atoms. The molecule has 1 heterocycles. The summed E-state index contributed by atoms with van der Waals surface area (Å²) >= 11 is 3.86. The topological polar surface area (TPSA) is 86.3 Å². The van der Waals surface area contributed by atoms with E-state index in [1.165, 1.54) is 12.1 Å². The van der Waals surface area contributed by atoms with E-state index in [-0.39, 0.29) is 5.00 Å². The van der Waals surface area contributed by atoms with Crippen LogP contribution in [-0.2, 0) is 0 Å². The molecule has 0 N–H and O–H groups in total. The number of hydrogen-bond acceptors (Lipinski definition) is 5. The van der Waals surface area contributed by atoms with Crippen molar-refractivity contribution in [1.29, 1.82) is 0 Å². The molecule has 6 nitrogen and oxygen atoms in total. The molecule has 0 saturated carbocycles. The molecule has 0 aliphatic heterocycles. The SMILES string of the molecule is O=[N+]([O-])/C=C/c1cc(Br)c([N+](=O)[O-])s1. The van der Waals surface area contributed by atoms with Gasteiger partial charge in [-0.05, 0) is 22.0 Å². The fourth-order valence-electron chi connectivity index (χ4n) is 0.717. The Morgan fingerprint density at radius 3 is 2.50 bits per heavy atom. The van der Waals surface area contributed by atoms with Crippen LogP contribution in [-0.4, -0.2) is 9.85 Å². The van der Waals surface area contributed by atoms with Crippen molar-refractivity contribution in [2.45, 2.75) is 0 Å². The smallest absolute Gasteiger partial charge is 0.259 e. The van der Waals surface area contributed by atoms with E-state index in [1.54, 1.807) is 0 Å². The van der Waals surface area contributed by atoms with E-state index in [9.17, 15) is 20.2 Å². The summed E-state index contributed by atoms with van der Waals surface area (Å²) in [7, 11) is 0. The number of nitrogens with zero attached hydrogens (tertiary/aromatic N) is 2. The first-order valence-electron chi connectivity index (χ1n) is 3.26. The average Bonchev–Trinajstić information content (AvgIpc) is 2.43. The number of hydrogen-bond donors (Lipinski definition) is 0. The molecule has 0 atom stereocenters. The summed E-state index contributed by atoms with van der Waals surface area (Å²) in [5.41, 5.74) is 0. The summed E-state index contributed by atoms with van der Waals surface area (Å²) < 4.78 is 0.329. The van der Waals surface area contributed by atoms with Gasteiger partial charge >= 0.3 is 5.00 Å². The maximum absolute atomic E-state index is 10.4. The predicted octanol–water partition coefficient (Wildman–Crippen LogP) is 2.67. The lowest BCUT2D eigenvalue weighted by Crippen LogP contribution is -1.82. The second-order valence-electron chi connectivity index (χ2n) is 2.16. The third-order valence-electron chi connectivity index (χ3n) is 1.21. The van der Waals surface area contributed by atoms with E-state index >= 15 is 0 Å². The molecule has 1 rings (SSSR count). The van der Waals surface area contributed by atoms with Crippen LogP contribution in [0.25, 0.3) is 6.08 Å². The molecule has 0 aliphatic carbocycles. The molecule has 0 spiro atoms. The van der Waals surface area contributed by atoms with Crippen molar-refractivity contribution in [2.75, 3.05) is 0 Å². The maximum atomic E-state index is 10.4. The van der Waals surface area contributed by atoms with Crippen molar-refractivity contribution in [3.8, 4) is 0 Å². The first kappa shape index (κ1) is 10.8. The molecule has 0 aliphatic rings. The molecule has 0 bridgehead atoms. The Bertz CT molecular complexity index is 414. The fraction of sp³-hybridized carbons (Fsp3) is 0. The Balaban J connectivity index is 2.97. The third kappa shape index (κ3) is 2.60. The van der Waals surface area contributed by atoms with Gasteiger partial charge in [-0.1, -0.05) is 11.3 Å². The van der Waals surface area contributed by atoms with Crippen LogP contribution in [0.2, 0.25) is 0 Å². The van der Waals surface area contributed by atoms with Crippen LogP contribution in [0, 0.1) is 20.2 Å². The Kier molecular flexibility index (Phi) is 3.31. The highest BCUT2D eigenvalue weighted by Gasteiger charge is 2.15. The molecule has 8 heteroatoms. The van der Waals surface area contributed by atoms with Crippen LogP contribution in [0.5, 0.6) is 0 Å². The monoisotopic (exact) mass is 278 g/mol. The van der Waals surface area contributed by atoms with Gasteiger partial charge in [0.2, 0.25) is 6.20 Å². The summed E-state index contributed by atoms with van der Waals surface area (Å²) in [4.78, 5) is 19.7. The minimum Gasteiger partial charge on any atom is -0.259 e. The molecule has 1 aromatic rings. The molecule has 74 valence electrons. The van der Waals surface area contributed by atoms with Gasteiger partial charge in [-0.2, -0.15) is 0 Å². The molecule has 0 aromatic carbocycles. The van der Waals surface area contributed by atoms with Crippen LogP contribution >= 0.6 is 27.3 Å². The van der Waals surface area contributed by atoms with Crippen molar-refractivity contribution in [2.24, 2.45) is 0 Å². The average molecular weight is 279 g/mol. The fourth-order valence-corrected chi connectivity index (χ4v) is 2.26. The molecule has 0 fully saturated rings. The van der Waals surface area contributed by atoms with Crippen LogP contribution in [0.15, 0.2) is 16.7 Å². The van der Waals surface area contributed by atoms with Crippen molar-refractivity contribution < 1.29 is 9.85 Å². The van der Waals surface area contributed by atoms with Crippen LogP contribution in [0.3, 0.4) is 0 Å². The first-order valence-corrected chi connectivity index (χ1v) is 4.87. The zero-order chi connectivity index (χ0) is 10.7. The molecule has 0 radical (unpaired) electrons. The minimum atomic E-state index is -0.626. The summed E-state index contributed by atoms with van der Waals surface area (Å²) in [6.07, 6.45) is 1.95. The van der Waals surface area contributed by atoms with Crippen molar-refractivity contribution in [1.82, 2.24) is 0 Å². The van der Waals surface area contributed by atoms with Crippen molar-refractivity contribution in [3.05, 3.63) is 41.8 Å². The van der Waals surface area contributed by atoms with E-state index in [0.717, 1.165) is 17.5 Å². The normalized spacial score (nSPS) is 10.6. The Hall–Kier alpha value is -1.28. The van der Waals surface area contributed by atoms with Gasteiger partial charge in [-0.3, -0.25) is 20.2 Å². The number of halogens is 1. The molecule has 0 saturated heterocycles. The lowest BCUT2D eigenvalue weighted by molar-refractivity contribution is -0.400. The van der Waals surface area contributed by atoms with Gasteiger partial charge < -0.3 is 0 Å². The van der Waals surface area contributed by atoms with E-state index in [0.29, 0.717) is 9.35 Å². The van der Waals surface area contributed by atoms with E-state index in [1.807, 2.05) is 0 Å². The van der Waals surface area contributed by atoms with Gasteiger partial charge in [0.15, 0.2) is 0 Å². The number of thiophene rings is 1. The summed E-state index contributed by atoms with van der Waals surface area (Å²) in [6.45, 7) is 0. The van der Waals surface area contributed by atoms with E-state index in [2.05, 4.69) is 15.9 Å². The largest absolute Gasteiger partial charge is 0.338 e. The minimum absolute atomic E-state index is 0.0620. The lowest BCUT2D eigenvalue weighted by Gasteiger charge is -1.82. The first-order chi connectivity index (χ1) is 6.50. The zero-order valence-corrected chi connectivity index (χ0v) is 8.95. The summed E-state index contributed by atoms with van der Waals surface area (Å²) in [6, 6.07) is 1.46. The zero-order valence-electron chi connectivity index (χ0n) is 6.55. The van der Waals surface area contributed by atoms with E-state index < -0.39 is 9.85 Å². The maximum Gasteiger partial charge on any atom is 0.338 e. The van der Waals surface area contributed by atoms with Gasteiger partial charge in [-0.15, -0.1) is 0 Å². The number of nitro groups is 2. The van der Waals surface area contributed by atoms with Gasteiger partial charge in [0, 0.05) is 11.0 Å². The van der Waals surface area contributed by atoms with Crippen molar-refractivity contribution >= 4 is 38.3 Å². The second kappa shape index (κ2) is 4.29. The third-order valence-corrected chi connectivity index (χ3v) is 3.13. The number of rotatable bonds is 3. The van der Waals surface area contributed by atoms with E-state index in [4.69, 9.17) is 0 Å². The molecule has 1 aromatic heterocycles. The molecule has 0 amide bonds. The summed E-state index contributed by atoms with van der Waals surface area (Å²) in [5.74, 6) is 0. The van der Waals surface area contributed by atoms with Crippen molar-refractivity contribution in [3.63, 3.8) is 0 Å². The Labute approximate surface area is 90.3 Å². The molecule has 0 unspecified atom stereocenters. The highest BCUT2D eigenvalue weighted by atomic mass is 79.9. The standard InChI is InChI=1S/C6H3BrN2O4S/c7-5-3-4(1-2-8(10)11)14-6(5)9(12)13/h1-3H/b2-1+.